The zero-order valence-corrected chi connectivity index (χ0v) is 11.2. The highest BCUT2D eigenvalue weighted by Crippen LogP contribution is 2.04. The molecule has 0 saturated heterocycles. The molecule has 0 unspecified atom stereocenters. The van der Waals surface area contributed by atoms with Crippen LogP contribution in [0.1, 0.15) is 31.7 Å². The second-order valence-corrected chi connectivity index (χ2v) is 4.38. The van der Waals surface area contributed by atoms with E-state index < -0.39 is 5.97 Å². The maximum Gasteiger partial charge on any atom is 0.303 e. The minimum absolute atomic E-state index is 0.0751. The molecule has 1 N–H and O–H groups in total. The molecule has 0 aliphatic carbocycles. The van der Waals surface area contributed by atoms with E-state index in [4.69, 9.17) is 5.11 Å². The summed E-state index contributed by atoms with van der Waals surface area (Å²) in [6.45, 7) is 3.30. The maximum absolute atomic E-state index is 11.9. The largest absolute Gasteiger partial charge is 0.481 e. The highest BCUT2D eigenvalue weighted by molar-refractivity contribution is 5.80. The maximum atomic E-state index is 11.9. The van der Waals surface area contributed by atoms with E-state index >= 15 is 0 Å². The smallest absolute Gasteiger partial charge is 0.303 e. The summed E-state index contributed by atoms with van der Waals surface area (Å²) in [6.07, 6.45) is 5.06. The molecule has 1 amide bonds. The van der Waals surface area contributed by atoms with E-state index in [-0.39, 0.29) is 18.7 Å². The lowest BCUT2D eigenvalue weighted by molar-refractivity contribution is -0.140. The number of hydrogen-bond donors (Lipinski definition) is 1. The lowest BCUT2D eigenvalue weighted by atomic mass is 10.2. The van der Waals surface area contributed by atoms with Crippen molar-refractivity contribution >= 4 is 11.9 Å². The van der Waals surface area contributed by atoms with Crippen molar-refractivity contribution in [1.82, 2.24) is 9.88 Å². The Morgan fingerprint density at radius 1 is 1.21 bits per heavy atom. The van der Waals surface area contributed by atoms with Crippen LogP contribution >= 0.6 is 0 Å². The molecule has 0 atom stereocenters. The SMILES string of the molecule is CCCN(CCc1ccncc1)C(=O)CCC(=O)O. The molecule has 0 radical (unpaired) electrons. The Hall–Kier alpha value is -1.91. The van der Waals surface area contributed by atoms with Gasteiger partial charge in [-0.05, 0) is 30.5 Å². The predicted molar refractivity (Wildman–Crippen MR) is 71.7 cm³/mol. The molecule has 0 aliphatic heterocycles. The molecular formula is C14H20N2O3. The Labute approximate surface area is 113 Å². The van der Waals surface area contributed by atoms with E-state index in [1.54, 1.807) is 17.3 Å². The fourth-order valence-corrected chi connectivity index (χ4v) is 1.82. The van der Waals surface area contributed by atoms with Crippen LogP contribution in [0.3, 0.4) is 0 Å². The highest BCUT2D eigenvalue weighted by Gasteiger charge is 2.13. The van der Waals surface area contributed by atoms with E-state index in [1.807, 2.05) is 19.1 Å². The fourth-order valence-electron chi connectivity index (χ4n) is 1.82. The van der Waals surface area contributed by atoms with Crippen LogP contribution in [0, 0.1) is 0 Å². The van der Waals surface area contributed by atoms with Crippen molar-refractivity contribution in [3.05, 3.63) is 30.1 Å². The molecule has 0 aromatic carbocycles. The number of pyridine rings is 1. The van der Waals surface area contributed by atoms with Crippen LogP contribution in [0.5, 0.6) is 0 Å². The first-order valence-corrected chi connectivity index (χ1v) is 6.52. The molecular weight excluding hydrogens is 244 g/mol. The van der Waals surface area contributed by atoms with E-state index in [2.05, 4.69) is 4.98 Å². The second kappa shape index (κ2) is 8.24. The van der Waals surface area contributed by atoms with Crippen LogP contribution in [0.4, 0.5) is 0 Å². The molecule has 1 rings (SSSR count). The van der Waals surface area contributed by atoms with Crippen LogP contribution in [-0.2, 0) is 16.0 Å². The van der Waals surface area contributed by atoms with E-state index in [0.717, 1.165) is 18.4 Å². The van der Waals surface area contributed by atoms with E-state index in [0.29, 0.717) is 13.1 Å². The first-order chi connectivity index (χ1) is 9.13. The Bertz CT molecular complexity index is 406. The van der Waals surface area contributed by atoms with Gasteiger partial charge in [0.05, 0.1) is 6.42 Å². The van der Waals surface area contributed by atoms with Gasteiger partial charge in [0.15, 0.2) is 0 Å². The zero-order chi connectivity index (χ0) is 14.1. The molecule has 19 heavy (non-hydrogen) atoms. The van der Waals surface area contributed by atoms with Crippen molar-refractivity contribution < 1.29 is 14.7 Å². The van der Waals surface area contributed by atoms with Gasteiger partial charge >= 0.3 is 5.97 Å². The van der Waals surface area contributed by atoms with Crippen molar-refractivity contribution in [1.29, 1.82) is 0 Å². The fraction of sp³-hybridized carbons (Fsp3) is 0.500. The van der Waals surface area contributed by atoms with Gasteiger partial charge in [-0.3, -0.25) is 14.6 Å². The Balaban J connectivity index is 2.47. The predicted octanol–water partition coefficient (Wildman–Crippen LogP) is 1.73. The highest BCUT2D eigenvalue weighted by atomic mass is 16.4. The number of hydrogen-bond acceptors (Lipinski definition) is 3. The van der Waals surface area contributed by atoms with Crippen LogP contribution in [0.2, 0.25) is 0 Å². The van der Waals surface area contributed by atoms with Gasteiger partial charge in [-0.15, -0.1) is 0 Å². The molecule has 5 nitrogen and oxygen atoms in total. The monoisotopic (exact) mass is 264 g/mol. The summed E-state index contributed by atoms with van der Waals surface area (Å²) < 4.78 is 0. The minimum atomic E-state index is -0.932. The molecule has 0 aliphatic rings. The van der Waals surface area contributed by atoms with Gasteiger partial charge in [0.25, 0.3) is 0 Å². The van der Waals surface area contributed by atoms with E-state index in [9.17, 15) is 9.59 Å². The zero-order valence-electron chi connectivity index (χ0n) is 11.2. The third kappa shape index (κ3) is 5.99. The molecule has 5 heteroatoms. The Kier molecular flexibility index (Phi) is 6.57. The molecule has 0 bridgehead atoms. The molecule has 0 saturated carbocycles. The summed E-state index contributed by atoms with van der Waals surface area (Å²) in [6, 6.07) is 3.84. The Morgan fingerprint density at radius 2 is 1.89 bits per heavy atom. The molecule has 1 aromatic rings. The summed E-state index contributed by atoms with van der Waals surface area (Å²) in [5.74, 6) is -1.02. The number of amides is 1. The number of carboxylic acid groups (broad SMARTS) is 1. The van der Waals surface area contributed by atoms with Crippen molar-refractivity contribution in [2.75, 3.05) is 13.1 Å². The molecule has 1 heterocycles. The quantitative estimate of drug-likeness (QED) is 0.776. The lowest BCUT2D eigenvalue weighted by Gasteiger charge is -2.22. The van der Waals surface area contributed by atoms with E-state index in [1.165, 1.54) is 0 Å². The van der Waals surface area contributed by atoms with Gasteiger partial charge in [0, 0.05) is 31.9 Å². The average molecular weight is 264 g/mol. The van der Waals surface area contributed by atoms with Crippen molar-refractivity contribution in [2.45, 2.75) is 32.6 Å². The van der Waals surface area contributed by atoms with Gasteiger partial charge in [-0.25, -0.2) is 0 Å². The molecule has 0 fully saturated rings. The third-order valence-electron chi connectivity index (χ3n) is 2.82. The number of rotatable bonds is 8. The molecule has 0 spiro atoms. The van der Waals surface area contributed by atoms with Crippen molar-refractivity contribution in [2.24, 2.45) is 0 Å². The first kappa shape index (κ1) is 15.1. The molecule has 104 valence electrons. The van der Waals surface area contributed by atoms with Crippen molar-refractivity contribution in [3.63, 3.8) is 0 Å². The van der Waals surface area contributed by atoms with Gasteiger partial charge in [0.1, 0.15) is 0 Å². The first-order valence-electron chi connectivity index (χ1n) is 6.52. The summed E-state index contributed by atoms with van der Waals surface area (Å²) in [5.41, 5.74) is 1.13. The summed E-state index contributed by atoms with van der Waals surface area (Å²) in [4.78, 5) is 28.1. The molecule has 1 aromatic heterocycles. The Morgan fingerprint density at radius 3 is 2.47 bits per heavy atom. The lowest BCUT2D eigenvalue weighted by Crippen LogP contribution is -2.33. The number of carbonyl (C=O) groups excluding carboxylic acids is 1. The van der Waals surface area contributed by atoms with Crippen molar-refractivity contribution in [3.8, 4) is 0 Å². The normalized spacial score (nSPS) is 10.2. The number of aliphatic carboxylic acids is 1. The summed E-state index contributed by atoms with van der Waals surface area (Å²) in [7, 11) is 0. The number of aromatic nitrogens is 1. The van der Waals surface area contributed by atoms with Gasteiger partial charge in [-0.1, -0.05) is 6.92 Å². The number of nitrogens with zero attached hydrogens (tertiary/aromatic N) is 2. The van der Waals surface area contributed by atoms with Crippen LogP contribution in [-0.4, -0.2) is 40.0 Å². The third-order valence-corrected chi connectivity index (χ3v) is 2.82. The van der Waals surface area contributed by atoms with Gasteiger partial charge in [-0.2, -0.15) is 0 Å². The van der Waals surface area contributed by atoms with Crippen LogP contribution in [0.15, 0.2) is 24.5 Å². The minimum Gasteiger partial charge on any atom is -0.481 e. The van der Waals surface area contributed by atoms with Crippen LogP contribution in [0.25, 0.3) is 0 Å². The number of carbonyl (C=O) groups is 2. The second-order valence-electron chi connectivity index (χ2n) is 4.38. The topological polar surface area (TPSA) is 70.5 Å². The average Bonchev–Trinajstić information content (AvgIpc) is 2.42. The standard InChI is InChI=1S/C14H20N2O3/c1-2-10-16(13(17)3-4-14(18)19)11-7-12-5-8-15-9-6-12/h5-6,8-9H,2-4,7,10-11H2,1H3,(H,18,19). The summed E-state index contributed by atoms with van der Waals surface area (Å²) >= 11 is 0. The number of carboxylic acids is 1. The van der Waals surface area contributed by atoms with Gasteiger partial charge < -0.3 is 10.0 Å². The van der Waals surface area contributed by atoms with Crippen LogP contribution < -0.4 is 0 Å². The van der Waals surface area contributed by atoms with Gasteiger partial charge in [0.2, 0.25) is 5.91 Å². The summed E-state index contributed by atoms with van der Waals surface area (Å²) in [5, 5.41) is 8.60.